The molecule has 2 rings (SSSR count). The van der Waals surface area contributed by atoms with Crippen LogP contribution in [0.2, 0.25) is 0 Å². The maximum Gasteiger partial charge on any atom is 0.306 e. The van der Waals surface area contributed by atoms with Crippen LogP contribution in [0, 0.1) is 0 Å². The van der Waals surface area contributed by atoms with Crippen LogP contribution in [0.25, 0.3) is 0 Å². The Morgan fingerprint density at radius 2 is 2.00 bits per heavy atom. The lowest BCUT2D eigenvalue weighted by atomic mass is 10.1. The number of hydrogen-bond acceptors (Lipinski definition) is 6. The number of benzene rings is 1. The van der Waals surface area contributed by atoms with E-state index in [4.69, 9.17) is 14.2 Å². The molecule has 0 amide bonds. The first-order valence-electron chi connectivity index (χ1n) is 7.46. The Balaban J connectivity index is 1.82. The van der Waals surface area contributed by atoms with E-state index < -0.39 is 0 Å². The van der Waals surface area contributed by atoms with Crippen molar-refractivity contribution in [2.24, 2.45) is 0 Å². The number of thiazole rings is 1. The molecule has 0 saturated carbocycles. The maximum absolute atomic E-state index is 11.8. The van der Waals surface area contributed by atoms with Crippen LogP contribution in [-0.4, -0.2) is 25.2 Å². The molecule has 0 aliphatic heterocycles. The van der Waals surface area contributed by atoms with Crippen molar-refractivity contribution in [1.82, 2.24) is 4.98 Å². The van der Waals surface area contributed by atoms with Gasteiger partial charge in [-0.1, -0.05) is 13.0 Å². The van der Waals surface area contributed by atoms with E-state index in [0.29, 0.717) is 24.3 Å². The third kappa shape index (κ3) is 4.96. The van der Waals surface area contributed by atoms with E-state index in [0.717, 1.165) is 22.7 Å². The molecule has 1 aromatic carbocycles. The van der Waals surface area contributed by atoms with Gasteiger partial charge in [-0.3, -0.25) is 4.79 Å². The summed E-state index contributed by atoms with van der Waals surface area (Å²) >= 11 is 1.59. The molecule has 0 spiro atoms. The van der Waals surface area contributed by atoms with Crippen LogP contribution in [0.3, 0.4) is 0 Å². The minimum absolute atomic E-state index is 0.231. The van der Waals surface area contributed by atoms with Gasteiger partial charge in [0.15, 0.2) is 11.5 Å². The van der Waals surface area contributed by atoms with Crippen molar-refractivity contribution in [3.63, 3.8) is 0 Å². The summed E-state index contributed by atoms with van der Waals surface area (Å²) in [7, 11) is 3.19. The molecule has 0 saturated heterocycles. The number of methoxy groups -OCH3 is 2. The highest BCUT2D eigenvalue weighted by Gasteiger charge is 2.09. The molecule has 1 heterocycles. The molecular formula is C17H21NO4S. The highest BCUT2D eigenvalue weighted by molar-refractivity contribution is 7.09. The van der Waals surface area contributed by atoms with Gasteiger partial charge in [0.05, 0.1) is 24.9 Å². The van der Waals surface area contributed by atoms with Gasteiger partial charge in [0.1, 0.15) is 6.61 Å². The van der Waals surface area contributed by atoms with Crippen LogP contribution in [0.15, 0.2) is 23.6 Å². The summed E-state index contributed by atoms with van der Waals surface area (Å²) < 4.78 is 15.7. The molecule has 1 aromatic heterocycles. The van der Waals surface area contributed by atoms with E-state index in [9.17, 15) is 4.79 Å². The monoisotopic (exact) mass is 335 g/mol. The number of aromatic nitrogens is 1. The number of nitrogens with zero attached hydrogens (tertiary/aromatic N) is 1. The van der Waals surface area contributed by atoms with Gasteiger partial charge in [0, 0.05) is 11.8 Å². The van der Waals surface area contributed by atoms with Crippen LogP contribution >= 0.6 is 11.3 Å². The molecule has 0 radical (unpaired) electrons. The summed E-state index contributed by atoms with van der Waals surface area (Å²) in [6.45, 7) is 2.29. The van der Waals surface area contributed by atoms with Gasteiger partial charge >= 0.3 is 5.97 Å². The quantitative estimate of drug-likeness (QED) is 0.692. The molecule has 0 bridgehead atoms. The summed E-state index contributed by atoms with van der Waals surface area (Å²) in [6.07, 6.45) is 1.81. The van der Waals surface area contributed by atoms with E-state index in [1.165, 1.54) is 0 Å². The summed E-state index contributed by atoms with van der Waals surface area (Å²) in [5.74, 6) is 1.10. The van der Waals surface area contributed by atoms with E-state index in [2.05, 4.69) is 11.9 Å². The fourth-order valence-electron chi connectivity index (χ4n) is 2.09. The average molecular weight is 335 g/mol. The van der Waals surface area contributed by atoms with E-state index in [1.54, 1.807) is 25.6 Å². The van der Waals surface area contributed by atoms with Crippen molar-refractivity contribution in [3.05, 3.63) is 39.8 Å². The number of ether oxygens (including phenoxy) is 3. The summed E-state index contributed by atoms with van der Waals surface area (Å²) in [6, 6.07) is 5.63. The Bertz CT molecular complexity index is 654. The Morgan fingerprint density at radius 3 is 2.65 bits per heavy atom. The van der Waals surface area contributed by atoms with Gasteiger partial charge < -0.3 is 14.2 Å². The Kier molecular flexibility index (Phi) is 6.40. The standard InChI is InChI=1S/C17H21NO4S/c1-4-16-18-13(11-23-16)10-22-17(19)8-6-12-5-7-14(20-2)15(9-12)21-3/h5,7,9,11H,4,6,8,10H2,1-3H3. The van der Waals surface area contributed by atoms with Crippen LogP contribution in [0.1, 0.15) is 29.6 Å². The van der Waals surface area contributed by atoms with Gasteiger partial charge in [-0.05, 0) is 30.5 Å². The molecule has 0 atom stereocenters. The molecule has 23 heavy (non-hydrogen) atoms. The van der Waals surface area contributed by atoms with Crippen LogP contribution < -0.4 is 9.47 Å². The van der Waals surface area contributed by atoms with Crippen LogP contribution in [-0.2, 0) is 29.0 Å². The zero-order chi connectivity index (χ0) is 16.7. The molecule has 0 aliphatic rings. The van der Waals surface area contributed by atoms with Crippen molar-refractivity contribution in [2.45, 2.75) is 32.8 Å². The molecule has 6 heteroatoms. The Morgan fingerprint density at radius 1 is 1.22 bits per heavy atom. The Hall–Kier alpha value is -2.08. The normalized spacial score (nSPS) is 10.4. The number of rotatable bonds is 8. The Labute approximate surface area is 140 Å². The number of carbonyl (C=O) groups is 1. The van der Waals surface area contributed by atoms with E-state index in [-0.39, 0.29) is 12.6 Å². The van der Waals surface area contributed by atoms with Crippen molar-refractivity contribution in [3.8, 4) is 11.5 Å². The number of carbonyl (C=O) groups excluding carboxylic acids is 1. The summed E-state index contributed by atoms with van der Waals surface area (Å²) in [4.78, 5) is 16.2. The SMILES string of the molecule is CCc1nc(COC(=O)CCc2ccc(OC)c(OC)c2)cs1. The van der Waals surface area contributed by atoms with Gasteiger partial charge in [0.2, 0.25) is 0 Å². The molecule has 0 aliphatic carbocycles. The molecule has 5 nitrogen and oxygen atoms in total. The zero-order valence-corrected chi connectivity index (χ0v) is 14.4. The van der Waals surface area contributed by atoms with Gasteiger partial charge in [0.25, 0.3) is 0 Å². The van der Waals surface area contributed by atoms with Crippen molar-refractivity contribution >= 4 is 17.3 Å². The van der Waals surface area contributed by atoms with Crippen molar-refractivity contribution in [2.75, 3.05) is 14.2 Å². The largest absolute Gasteiger partial charge is 0.493 e. The second kappa shape index (κ2) is 8.53. The molecule has 0 N–H and O–H groups in total. The molecule has 0 unspecified atom stereocenters. The van der Waals surface area contributed by atoms with Gasteiger partial charge in [-0.15, -0.1) is 11.3 Å². The fourth-order valence-corrected chi connectivity index (χ4v) is 2.82. The lowest BCUT2D eigenvalue weighted by Crippen LogP contribution is -2.06. The smallest absolute Gasteiger partial charge is 0.306 e. The van der Waals surface area contributed by atoms with Crippen LogP contribution in [0.5, 0.6) is 11.5 Å². The first-order chi connectivity index (χ1) is 11.2. The average Bonchev–Trinajstić information content (AvgIpc) is 3.05. The highest BCUT2D eigenvalue weighted by atomic mass is 32.1. The number of aryl methyl sites for hydroxylation is 2. The highest BCUT2D eigenvalue weighted by Crippen LogP contribution is 2.28. The zero-order valence-electron chi connectivity index (χ0n) is 13.6. The molecular weight excluding hydrogens is 314 g/mol. The van der Waals surface area contributed by atoms with Gasteiger partial charge in [-0.25, -0.2) is 4.98 Å². The van der Waals surface area contributed by atoms with Crippen LogP contribution in [0.4, 0.5) is 0 Å². The maximum atomic E-state index is 11.8. The van der Waals surface area contributed by atoms with E-state index >= 15 is 0 Å². The van der Waals surface area contributed by atoms with Crippen molar-refractivity contribution < 1.29 is 19.0 Å². The summed E-state index contributed by atoms with van der Waals surface area (Å²) in [5, 5.41) is 2.99. The lowest BCUT2D eigenvalue weighted by molar-refractivity contribution is -0.145. The molecule has 124 valence electrons. The lowest BCUT2D eigenvalue weighted by Gasteiger charge is -2.09. The van der Waals surface area contributed by atoms with Crippen molar-refractivity contribution in [1.29, 1.82) is 0 Å². The predicted molar refractivity (Wildman–Crippen MR) is 89.2 cm³/mol. The third-order valence-corrected chi connectivity index (χ3v) is 4.39. The first kappa shape index (κ1) is 17.3. The molecule has 0 fully saturated rings. The first-order valence-corrected chi connectivity index (χ1v) is 8.34. The fraction of sp³-hybridized carbons (Fsp3) is 0.412. The van der Waals surface area contributed by atoms with Gasteiger partial charge in [-0.2, -0.15) is 0 Å². The predicted octanol–water partition coefficient (Wildman–Crippen LogP) is 3.40. The second-order valence-electron chi connectivity index (χ2n) is 4.94. The second-order valence-corrected chi connectivity index (χ2v) is 5.88. The van der Waals surface area contributed by atoms with E-state index in [1.807, 2.05) is 23.6 Å². The summed E-state index contributed by atoms with van der Waals surface area (Å²) in [5.41, 5.74) is 1.81. The topological polar surface area (TPSA) is 57.7 Å². The number of hydrogen-bond donors (Lipinski definition) is 0. The molecule has 2 aromatic rings. The third-order valence-electron chi connectivity index (χ3n) is 3.35. The number of esters is 1. The minimum atomic E-state index is -0.231. The minimum Gasteiger partial charge on any atom is -0.493 e.